The number of anilines is 1. The van der Waals surface area contributed by atoms with Gasteiger partial charge >= 0.3 is 5.92 Å². The fraction of sp³-hybridized carbons (Fsp3) is 0.400. The van der Waals surface area contributed by atoms with E-state index >= 15 is 0 Å². The lowest BCUT2D eigenvalue weighted by Crippen LogP contribution is -2.47. The number of benzene rings is 1. The van der Waals surface area contributed by atoms with Gasteiger partial charge in [0.05, 0.1) is 6.04 Å². The molecular weight excluding hydrogens is 336 g/mol. The van der Waals surface area contributed by atoms with E-state index in [9.17, 15) is 13.6 Å². The Morgan fingerprint density at radius 1 is 1.19 bits per heavy atom. The summed E-state index contributed by atoms with van der Waals surface area (Å²) in [5, 5.41) is 0. The SMILES string of the molecule is Cc1cccnc1C(F)(F)C(=O)N1CCCN2c3ccccc3C[C@@H]2C1. The quantitative estimate of drug-likeness (QED) is 0.829. The zero-order valence-corrected chi connectivity index (χ0v) is 14.7. The van der Waals surface area contributed by atoms with Gasteiger partial charge in [-0.25, -0.2) is 0 Å². The lowest BCUT2D eigenvalue weighted by atomic mass is 10.1. The summed E-state index contributed by atoms with van der Waals surface area (Å²) in [6.45, 7) is 2.99. The molecule has 2 aliphatic heterocycles. The van der Waals surface area contributed by atoms with Gasteiger partial charge < -0.3 is 9.80 Å². The standard InChI is InChI=1S/C20H21F2N3O/c1-14-6-4-9-23-18(14)20(21,22)19(26)24-10-5-11-25-16(13-24)12-15-7-2-3-8-17(15)25/h2-4,6-9,16H,5,10-13H2,1H3/t16-/m1/s1. The van der Waals surface area contributed by atoms with Crippen LogP contribution in [0.25, 0.3) is 0 Å². The third kappa shape index (κ3) is 2.73. The van der Waals surface area contributed by atoms with Gasteiger partial charge in [0.1, 0.15) is 5.69 Å². The molecule has 2 aliphatic rings. The van der Waals surface area contributed by atoms with E-state index in [0.29, 0.717) is 25.1 Å². The zero-order valence-electron chi connectivity index (χ0n) is 14.7. The van der Waals surface area contributed by atoms with E-state index in [1.54, 1.807) is 19.1 Å². The molecular formula is C20H21F2N3O. The second-order valence-electron chi connectivity index (χ2n) is 7.03. The van der Waals surface area contributed by atoms with Gasteiger partial charge in [-0.05, 0) is 43.0 Å². The Hall–Kier alpha value is -2.50. The van der Waals surface area contributed by atoms with E-state index in [0.717, 1.165) is 13.0 Å². The number of alkyl halides is 2. The van der Waals surface area contributed by atoms with Crippen molar-refractivity contribution in [1.82, 2.24) is 9.88 Å². The van der Waals surface area contributed by atoms with Crippen LogP contribution in [0.1, 0.15) is 23.2 Å². The molecule has 0 N–H and O–H groups in total. The molecule has 1 saturated heterocycles. The first-order chi connectivity index (χ1) is 12.5. The first kappa shape index (κ1) is 16.9. The van der Waals surface area contributed by atoms with Gasteiger partial charge in [0.2, 0.25) is 0 Å². The van der Waals surface area contributed by atoms with Crippen LogP contribution < -0.4 is 4.90 Å². The third-order valence-corrected chi connectivity index (χ3v) is 5.32. The maximum atomic E-state index is 14.9. The summed E-state index contributed by atoms with van der Waals surface area (Å²) in [6, 6.07) is 11.3. The van der Waals surface area contributed by atoms with Crippen molar-refractivity contribution in [2.24, 2.45) is 0 Å². The van der Waals surface area contributed by atoms with Crippen LogP contribution in [0.2, 0.25) is 0 Å². The number of hydrogen-bond acceptors (Lipinski definition) is 3. The minimum atomic E-state index is -3.61. The Morgan fingerprint density at radius 2 is 2.00 bits per heavy atom. The smallest absolute Gasteiger partial charge is 0.366 e. The Morgan fingerprint density at radius 3 is 2.81 bits per heavy atom. The molecule has 4 nitrogen and oxygen atoms in total. The number of aryl methyl sites for hydroxylation is 1. The number of aromatic nitrogens is 1. The van der Waals surface area contributed by atoms with Crippen molar-refractivity contribution in [1.29, 1.82) is 0 Å². The first-order valence-electron chi connectivity index (χ1n) is 8.92. The molecule has 4 rings (SSSR count). The van der Waals surface area contributed by atoms with E-state index in [2.05, 4.69) is 22.0 Å². The third-order valence-electron chi connectivity index (χ3n) is 5.32. The van der Waals surface area contributed by atoms with Crippen molar-refractivity contribution in [2.75, 3.05) is 24.5 Å². The van der Waals surface area contributed by atoms with Gasteiger partial charge in [-0.2, -0.15) is 8.78 Å². The number of rotatable bonds is 2. The largest absolute Gasteiger partial charge is 0.366 e. The molecule has 0 radical (unpaired) electrons. The molecule has 1 aromatic heterocycles. The van der Waals surface area contributed by atoms with Crippen LogP contribution >= 0.6 is 0 Å². The molecule has 0 saturated carbocycles. The summed E-state index contributed by atoms with van der Waals surface area (Å²) in [5.41, 5.74) is 2.27. The number of carbonyl (C=O) groups is 1. The minimum absolute atomic E-state index is 0.0551. The number of amides is 1. The number of halogens is 2. The fourth-order valence-corrected chi connectivity index (χ4v) is 4.07. The van der Waals surface area contributed by atoms with Crippen molar-refractivity contribution in [3.8, 4) is 0 Å². The maximum Gasteiger partial charge on any atom is 0.366 e. The summed E-state index contributed by atoms with van der Waals surface area (Å²) in [6.07, 6.45) is 2.77. The molecule has 0 spiro atoms. The van der Waals surface area contributed by atoms with Crippen molar-refractivity contribution in [3.63, 3.8) is 0 Å². The molecule has 2 aromatic rings. The number of fused-ring (bicyclic) bond motifs is 3. The predicted octanol–water partition coefficient (Wildman–Crippen LogP) is 3.15. The Balaban J connectivity index is 1.58. The number of nitrogens with zero attached hydrogens (tertiary/aromatic N) is 3. The number of pyridine rings is 1. The highest BCUT2D eigenvalue weighted by molar-refractivity contribution is 5.85. The molecule has 3 heterocycles. The lowest BCUT2D eigenvalue weighted by Gasteiger charge is -2.29. The van der Waals surface area contributed by atoms with Crippen LogP contribution in [-0.4, -0.2) is 41.5 Å². The zero-order chi connectivity index (χ0) is 18.3. The Labute approximate surface area is 151 Å². The highest BCUT2D eigenvalue weighted by Gasteiger charge is 2.47. The number of hydrogen-bond donors (Lipinski definition) is 0. The first-order valence-corrected chi connectivity index (χ1v) is 8.92. The average Bonchev–Trinajstić information content (AvgIpc) is 2.84. The summed E-state index contributed by atoms with van der Waals surface area (Å²) in [4.78, 5) is 20.1. The van der Waals surface area contributed by atoms with Gasteiger partial charge in [0.15, 0.2) is 0 Å². The van der Waals surface area contributed by atoms with E-state index in [4.69, 9.17) is 0 Å². The lowest BCUT2D eigenvalue weighted by molar-refractivity contribution is -0.159. The van der Waals surface area contributed by atoms with Crippen LogP contribution in [-0.2, 0) is 17.1 Å². The molecule has 1 aromatic carbocycles. The molecule has 6 heteroatoms. The van der Waals surface area contributed by atoms with Gasteiger partial charge in [-0.1, -0.05) is 24.3 Å². The van der Waals surface area contributed by atoms with E-state index in [-0.39, 0.29) is 6.04 Å². The van der Waals surface area contributed by atoms with Crippen molar-refractivity contribution in [2.45, 2.75) is 31.7 Å². The summed E-state index contributed by atoms with van der Waals surface area (Å²) < 4.78 is 29.7. The van der Waals surface area contributed by atoms with Crippen molar-refractivity contribution < 1.29 is 13.6 Å². The second-order valence-corrected chi connectivity index (χ2v) is 7.03. The van der Waals surface area contributed by atoms with E-state index in [1.165, 1.54) is 22.3 Å². The monoisotopic (exact) mass is 357 g/mol. The number of para-hydroxylation sites is 1. The maximum absolute atomic E-state index is 14.9. The van der Waals surface area contributed by atoms with Crippen LogP contribution in [0.5, 0.6) is 0 Å². The van der Waals surface area contributed by atoms with Gasteiger partial charge in [-0.15, -0.1) is 0 Å². The molecule has 0 aliphatic carbocycles. The van der Waals surface area contributed by atoms with Crippen LogP contribution in [0, 0.1) is 6.92 Å². The highest BCUT2D eigenvalue weighted by atomic mass is 19.3. The van der Waals surface area contributed by atoms with Gasteiger partial charge in [0, 0.05) is 31.5 Å². The molecule has 1 amide bonds. The van der Waals surface area contributed by atoms with E-state index < -0.39 is 17.5 Å². The molecule has 1 fully saturated rings. The van der Waals surface area contributed by atoms with Crippen molar-refractivity contribution in [3.05, 3.63) is 59.4 Å². The van der Waals surface area contributed by atoms with Crippen LogP contribution in [0.4, 0.5) is 14.5 Å². The Kier molecular flexibility index (Phi) is 4.13. The number of carbonyl (C=O) groups excluding carboxylic acids is 1. The highest BCUT2D eigenvalue weighted by Crippen LogP contribution is 2.36. The minimum Gasteiger partial charge on any atom is -0.366 e. The fourth-order valence-electron chi connectivity index (χ4n) is 4.07. The van der Waals surface area contributed by atoms with Gasteiger partial charge in [-0.3, -0.25) is 9.78 Å². The second kappa shape index (κ2) is 6.34. The molecule has 0 unspecified atom stereocenters. The molecule has 26 heavy (non-hydrogen) atoms. The van der Waals surface area contributed by atoms with Crippen LogP contribution in [0.3, 0.4) is 0 Å². The molecule has 136 valence electrons. The summed E-state index contributed by atoms with van der Waals surface area (Å²) in [7, 11) is 0. The van der Waals surface area contributed by atoms with Gasteiger partial charge in [0.25, 0.3) is 5.91 Å². The summed E-state index contributed by atoms with van der Waals surface area (Å²) in [5.74, 6) is -4.75. The normalized spacial score (nSPS) is 19.7. The molecule has 0 bridgehead atoms. The van der Waals surface area contributed by atoms with Crippen molar-refractivity contribution >= 4 is 11.6 Å². The summed E-state index contributed by atoms with van der Waals surface area (Å²) >= 11 is 0. The average molecular weight is 357 g/mol. The molecule has 1 atom stereocenters. The van der Waals surface area contributed by atoms with E-state index in [1.807, 2.05) is 12.1 Å². The van der Waals surface area contributed by atoms with Crippen LogP contribution in [0.15, 0.2) is 42.6 Å². The predicted molar refractivity (Wildman–Crippen MR) is 95.3 cm³/mol. The Bertz CT molecular complexity index is 839. The topological polar surface area (TPSA) is 36.4 Å².